The monoisotopic (exact) mass is 320 g/mol. The van der Waals surface area contributed by atoms with E-state index in [0.717, 1.165) is 8.66 Å². The number of hydrogen-bond acceptors (Lipinski definition) is 2. The van der Waals surface area contributed by atoms with Crippen LogP contribution in [0.1, 0.15) is 48.2 Å². The summed E-state index contributed by atoms with van der Waals surface area (Å²) in [5, 5.41) is 0.650. The predicted molar refractivity (Wildman–Crippen MR) is 72.6 cm³/mol. The molecule has 1 aliphatic carbocycles. The maximum absolute atomic E-state index is 12.0. The third-order valence-corrected chi connectivity index (χ3v) is 5.63. The third kappa shape index (κ3) is 3.08. The lowest BCUT2D eigenvalue weighted by Gasteiger charge is -2.20. The van der Waals surface area contributed by atoms with Crippen LogP contribution < -0.4 is 0 Å². The van der Waals surface area contributed by atoms with E-state index in [0.29, 0.717) is 17.4 Å². The number of hydrogen-bond donors (Lipinski definition) is 0. The molecule has 0 saturated heterocycles. The highest BCUT2D eigenvalue weighted by Crippen LogP contribution is 2.34. The van der Waals surface area contributed by atoms with Gasteiger partial charge in [-0.05, 0) is 27.9 Å². The molecule has 1 aromatic rings. The van der Waals surface area contributed by atoms with Crippen molar-refractivity contribution >= 4 is 44.7 Å². The lowest BCUT2D eigenvalue weighted by atomic mass is 9.85. The molecule has 88 valence electrons. The van der Waals surface area contributed by atoms with Crippen molar-refractivity contribution in [3.8, 4) is 0 Å². The molecule has 0 spiro atoms. The zero-order chi connectivity index (χ0) is 11.5. The van der Waals surface area contributed by atoms with Crippen LogP contribution in [0.2, 0.25) is 5.02 Å². The van der Waals surface area contributed by atoms with E-state index >= 15 is 0 Å². The molecule has 0 radical (unpaired) electrons. The van der Waals surface area contributed by atoms with E-state index in [1.807, 2.05) is 0 Å². The summed E-state index contributed by atoms with van der Waals surface area (Å²) in [6.45, 7) is 0. The average molecular weight is 322 g/mol. The standard InChI is InChI=1S/C12H14BrClOS/c13-12-9(14)7-11(16-12)10(15)6-8-4-2-1-3-5-8/h7-8H,1-6H2. The minimum atomic E-state index is 0.254. The fourth-order valence-electron chi connectivity index (χ4n) is 2.24. The van der Waals surface area contributed by atoms with Gasteiger partial charge in [0.05, 0.1) is 13.7 Å². The molecule has 0 N–H and O–H groups in total. The number of Topliss-reactive ketones (excluding diaryl/α,β-unsaturated/α-hetero) is 1. The Balaban J connectivity index is 1.96. The largest absolute Gasteiger partial charge is 0.293 e. The van der Waals surface area contributed by atoms with Gasteiger partial charge in [-0.15, -0.1) is 11.3 Å². The highest BCUT2D eigenvalue weighted by molar-refractivity contribution is 9.11. The highest BCUT2D eigenvalue weighted by atomic mass is 79.9. The fraction of sp³-hybridized carbons (Fsp3) is 0.583. The van der Waals surface area contributed by atoms with Crippen molar-refractivity contribution < 1.29 is 4.79 Å². The van der Waals surface area contributed by atoms with Crippen LogP contribution in [0.3, 0.4) is 0 Å². The topological polar surface area (TPSA) is 17.1 Å². The maximum atomic E-state index is 12.0. The molecule has 1 heterocycles. The SMILES string of the molecule is O=C(CC1CCCCC1)c1cc(Cl)c(Br)s1. The quantitative estimate of drug-likeness (QED) is 0.689. The summed E-state index contributed by atoms with van der Waals surface area (Å²) in [4.78, 5) is 12.8. The Bertz CT molecular complexity index is 363. The van der Waals surface area contributed by atoms with Gasteiger partial charge in [-0.25, -0.2) is 0 Å². The lowest BCUT2D eigenvalue weighted by Crippen LogP contribution is -2.11. The molecule has 1 nitrogen and oxygen atoms in total. The molecule has 1 fully saturated rings. The van der Waals surface area contributed by atoms with Crippen molar-refractivity contribution in [2.45, 2.75) is 38.5 Å². The van der Waals surface area contributed by atoms with Crippen LogP contribution in [0.15, 0.2) is 9.85 Å². The van der Waals surface area contributed by atoms with Crippen molar-refractivity contribution in [3.63, 3.8) is 0 Å². The van der Waals surface area contributed by atoms with Gasteiger partial charge in [0.15, 0.2) is 5.78 Å². The van der Waals surface area contributed by atoms with Gasteiger partial charge in [-0.1, -0.05) is 43.7 Å². The van der Waals surface area contributed by atoms with Gasteiger partial charge < -0.3 is 0 Å². The van der Waals surface area contributed by atoms with E-state index in [-0.39, 0.29) is 5.78 Å². The molecule has 0 aromatic carbocycles. The number of thiophene rings is 1. The van der Waals surface area contributed by atoms with Gasteiger partial charge in [-0.2, -0.15) is 0 Å². The molecule has 1 aromatic heterocycles. The summed E-state index contributed by atoms with van der Waals surface area (Å²) >= 11 is 10.7. The second-order valence-corrected chi connectivity index (χ2v) is 7.14. The van der Waals surface area contributed by atoms with Crippen molar-refractivity contribution in [2.24, 2.45) is 5.92 Å². The van der Waals surface area contributed by atoms with E-state index in [1.54, 1.807) is 6.07 Å². The van der Waals surface area contributed by atoms with E-state index in [4.69, 9.17) is 11.6 Å². The Morgan fingerprint density at radius 3 is 2.69 bits per heavy atom. The molecule has 0 amide bonds. The molecular weight excluding hydrogens is 308 g/mol. The van der Waals surface area contributed by atoms with Crippen LogP contribution in [0.4, 0.5) is 0 Å². The van der Waals surface area contributed by atoms with E-state index in [2.05, 4.69) is 15.9 Å². The normalized spacial score (nSPS) is 17.6. The molecule has 1 aliphatic rings. The number of halogens is 2. The zero-order valence-corrected chi connectivity index (χ0v) is 12.1. The van der Waals surface area contributed by atoms with Crippen LogP contribution >= 0.6 is 38.9 Å². The molecule has 4 heteroatoms. The maximum Gasteiger partial charge on any atom is 0.173 e. The summed E-state index contributed by atoms with van der Waals surface area (Å²) in [5.74, 6) is 0.852. The fourth-order valence-corrected chi connectivity index (χ4v) is 3.89. The number of ketones is 1. The minimum Gasteiger partial charge on any atom is -0.293 e. The molecule has 1 saturated carbocycles. The summed E-state index contributed by atoms with van der Waals surface area (Å²) in [6, 6.07) is 1.78. The molecule has 0 atom stereocenters. The summed E-state index contributed by atoms with van der Waals surface area (Å²) in [5.41, 5.74) is 0. The molecule has 16 heavy (non-hydrogen) atoms. The average Bonchev–Trinajstić information content (AvgIpc) is 2.61. The molecular formula is C12H14BrClOS. The van der Waals surface area contributed by atoms with Crippen LogP contribution in [0, 0.1) is 5.92 Å². The Kier molecular flexibility index (Phi) is 4.45. The van der Waals surface area contributed by atoms with Crippen LogP contribution in [0.5, 0.6) is 0 Å². The molecule has 0 aliphatic heterocycles. The Hall–Kier alpha value is 0.140. The van der Waals surface area contributed by atoms with E-state index < -0.39 is 0 Å². The number of carbonyl (C=O) groups excluding carboxylic acids is 1. The second-order valence-electron chi connectivity index (χ2n) is 4.36. The van der Waals surface area contributed by atoms with Crippen molar-refractivity contribution in [3.05, 3.63) is 19.8 Å². The van der Waals surface area contributed by atoms with Gasteiger partial charge in [-0.3, -0.25) is 4.79 Å². The summed E-state index contributed by atoms with van der Waals surface area (Å²) in [6.07, 6.45) is 7.03. The van der Waals surface area contributed by atoms with Crippen LogP contribution in [-0.2, 0) is 0 Å². The first kappa shape index (κ1) is 12.6. The van der Waals surface area contributed by atoms with Gasteiger partial charge in [0.25, 0.3) is 0 Å². The molecule has 0 unspecified atom stereocenters. The second kappa shape index (κ2) is 5.65. The van der Waals surface area contributed by atoms with Crippen molar-refractivity contribution in [1.82, 2.24) is 0 Å². The Labute approximate surface area is 113 Å². The van der Waals surface area contributed by atoms with Gasteiger partial charge in [0, 0.05) is 6.42 Å². The predicted octanol–water partition coefficient (Wildman–Crippen LogP) is 5.32. The third-order valence-electron chi connectivity index (χ3n) is 3.12. The number of rotatable bonds is 3. The smallest absolute Gasteiger partial charge is 0.173 e. The highest BCUT2D eigenvalue weighted by Gasteiger charge is 2.19. The number of carbonyl (C=O) groups is 1. The molecule has 2 rings (SSSR count). The van der Waals surface area contributed by atoms with Crippen LogP contribution in [0.25, 0.3) is 0 Å². The Morgan fingerprint density at radius 2 is 2.12 bits per heavy atom. The lowest BCUT2D eigenvalue weighted by molar-refractivity contribution is 0.0954. The van der Waals surface area contributed by atoms with Gasteiger partial charge in [0.1, 0.15) is 0 Å². The van der Waals surface area contributed by atoms with Crippen LogP contribution in [-0.4, -0.2) is 5.78 Å². The van der Waals surface area contributed by atoms with Crippen molar-refractivity contribution in [1.29, 1.82) is 0 Å². The first-order valence-corrected chi connectivity index (χ1v) is 7.63. The first-order chi connectivity index (χ1) is 7.66. The van der Waals surface area contributed by atoms with Gasteiger partial charge in [0.2, 0.25) is 0 Å². The molecule has 0 bridgehead atoms. The summed E-state index contributed by atoms with van der Waals surface area (Å²) in [7, 11) is 0. The van der Waals surface area contributed by atoms with E-state index in [9.17, 15) is 4.79 Å². The summed E-state index contributed by atoms with van der Waals surface area (Å²) < 4.78 is 0.862. The Morgan fingerprint density at radius 1 is 1.44 bits per heavy atom. The van der Waals surface area contributed by atoms with Gasteiger partial charge >= 0.3 is 0 Å². The first-order valence-electron chi connectivity index (χ1n) is 5.65. The van der Waals surface area contributed by atoms with Crippen molar-refractivity contribution in [2.75, 3.05) is 0 Å². The van der Waals surface area contributed by atoms with E-state index in [1.165, 1.54) is 43.4 Å². The zero-order valence-electron chi connectivity index (χ0n) is 8.97. The minimum absolute atomic E-state index is 0.254.